The predicted molar refractivity (Wildman–Crippen MR) is 97.0 cm³/mol. The molecule has 0 spiro atoms. The average molecular weight is 426 g/mol. The van der Waals surface area contributed by atoms with Crippen LogP contribution in [0, 0.1) is 9.39 Å². The van der Waals surface area contributed by atoms with E-state index >= 15 is 0 Å². The molecule has 0 N–H and O–H groups in total. The van der Waals surface area contributed by atoms with Crippen LogP contribution in [0.4, 0.5) is 4.39 Å². The van der Waals surface area contributed by atoms with Crippen molar-refractivity contribution in [1.82, 2.24) is 0 Å². The minimum atomic E-state index is -0.198. The zero-order valence-electron chi connectivity index (χ0n) is 12.9. The fraction of sp³-hybridized carbons (Fsp3) is 0.368. The molecule has 3 rings (SSSR count). The molecule has 0 heterocycles. The van der Waals surface area contributed by atoms with E-state index in [-0.39, 0.29) is 11.9 Å². The third-order valence-electron chi connectivity index (χ3n) is 4.14. The first-order valence-electron chi connectivity index (χ1n) is 7.98. The average Bonchev–Trinajstić information content (AvgIpc) is 2.58. The molecule has 1 aliphatic carbocycles. The fourth-order valence-electron chi connectivity index (χ4n) is 2.85. The van der Waals surface area contributed by atoms with Gasteiger partial charge in [-0.05, 0) is 72.0 Å². The lowest BCUT2D eigenvalue weighted by Gasteiger charge is -2.29. The summed E-state index contributed by atoms with van der Waals surface area (Å²) in [4.78, 5) is 0. The summed E-state index contributed by atoms with van der Waals surface area (Å²) in [5.41, 5.74) is 1.21. The zero-order valence-corrected chi connectivity index (χ0v) is 15.0. The van der Waals surface area contributed by atoms with Gasteiger partial charge in [-0.25, -0.2) is 4.39 Å². The van der Waals surface area contributed by atoms with E-state index in [0.717, 1.165) is 31.4 Å². The van der Waals surface area contributed by atoms with Crippen LogP contribution in [0.3, 0.4) is 0 Å². The van der Waals surface area contributed by atoms with Gasteiger partial charge in [0.15, 0.2) is 0 Å². The normalized spacial score (nSPS) is 21.1. The molecule has 0 unspecified atom stereocenters. The lowest BCUT2D eigenvalue weighted by Crippen LogP contribution is -2.28. The second kappa shape index (κ2) is 8.11. The lowest BCUT2D eigenvalue weighted by molar-refractivity contribution is -0.00663. The molecule has 23 heavy (non-hydrogen) atoms. The van der Waals surface area contributed by atoms with Crippen LogP contribution in [0.15, 0.2) is 48.5 Å². The molecule has 0 aliphatic heterocycles. The van der Waals surface area contributed by atoms with E-state index in [9.17, 15) is 4.39 Å². The summed E-state index contributed by atoms with van der Waals surface area (Å²) in [6, 6.07) is 15.2. The molecule has 2 nitrogen and oxygen atoms in total. The Bertz CT molecular complexity index is 625. The van der Waals surface area contributed by atoms with Gasteiger partial charge in [0.05, 0.1) is 22.4 Å². The van der Waals surface area contributed by atoms with Crippen molar-refractivity contribution in [2.45, 2.75) is 44.5 Å². The smallest absolute Gasteiger partial charge is 0.136 e. The van der Waals surface area contributed by atoms with Gasteiger partial charge in [-0.3, -0.25) is 0 Å². The molecule has 0 atom stereocenters. The van der Waals surface area contributed by atoms with E-state index in [1.165, 1.54) is 11.6 Å². The molecule has 1 aliphatic rings. The van der Waals surface area contributed by atoms with Crippen LogP contribution in [0.1, 0.15) is 31.2 Å². The van der Waals surface area contributed by atoms with E-state index in [2.05, 4.69) is 12.1 Å². The second-order valence-electron chi connectivity index (χ2n) is 5.89. The highest BCUT2D eigenvalue weighted by Crippen LogP contribution is 2.27. The Kier molecular flexibility index (Phi) is 5.89. The van der Waals surface area contributed by atoms with Crippen LogP contribution in [-0.2, 0) is 11.3 Å². The summed E-state index contributed by atoms with van der Waals surface area (Å²) in [6.07, 6.45) is 4.49. The Morgan fingerprint density at radius 3 is 2.35 bits per heavy atom. The third kappa shape index (κ3) is 4.91. The summed E-state index contributed by atoms with van der Waals surface area (Å²) < 4.78 is 25.8. The number of halogens is 2. The van der Waals surface area contributed by atoms with Crippen LogP contribution < -0.4 is 4.74 Å². The fourth-order valence-corrected chi connectivity index (χ4v) is 3.33. The van der Waals surface area contributed by atoms with Gasteiger partial charge in [0.1, 0.15) is 11.6 Å². The summed E-state index contributed by atoms with van der Waals surface area (Å²) in [6.45, 7) is 0.674. The first-order valence-corrected chi connectivity index (χ1v) is 9.06. The summed E-state index contributed by atoms with van der Waals surface area (Å²) >= 11 is 1.99. The van der Waals surface area contributed by atoms with Gasteiger partial charge in [0.2, 0.25) is 0 Å². The van der Waals surface area contributed by atoms with E-state index in [1.54, 1.807) is 12.1 Å². The SMILES string of the molecule is Fc1ccc(OC2CCC(OCc3ccccc3)CC2)cc1I. The van der Waals surface area contributed by atoms with Crippen LogP contribution in [0.2, 0.25) is 0 Å². The van der Waals surface area contributed by atoms with E-state index in [0.29, 0.717) is 16.3 Å². The quantitative estimate of drug-likeness (QED) is 0.602. The van der Waals surface area contributed by atoms with Gasteiger partial charge in [-0.2, -0.15) is 0 Å². The maximum absolute atomic E-state index is 13.3. The number of hydrogen-bond donors (Lipinski definition) is 0. The van der Waals surface area contributed by atoms with Crippen molar-refractivity contribution in [3.05, 3.63) is 63.5 Å². The summed E-state index contributed by atoms with van der Waals surface area (Å²) in [5, 5.41) is 0. The van der Waals surface area contributed by atoms with E-state index in [4.69, 9.17) is 9.47 Å². The largest absolute Gasteiger partial charge is 0.490 e. The first kappa shape index (κ1) is 16.7. The number of benzene rings is 2. The summed E-state index contributed by atoms with van der Waals surface area (Å²) in [5.74, 6) is 0.556. The van der Waals surface area contributed by atoms with E-state index in [1.807, 2.05) is 40.8 Å². The molecule has 4 heteroatoms. The number of ether oxygens (including phenoxy) is 2. The highest BCUT2D eigenvalue weighted by atomic mass is 127. The van der Waals surface area contributed by atoms with Crippen molar-refractivity contribution >= 4 is 22.6 Å². The maximum atomic E-state index is 13.3. The minimum Gasteiger partial charge on any atom is -0.490 e. The Morgan fingerprint density at radius 2 is 1.65 bits per heavy atom. The van der Waals surface area contributed by atoms with E-state index < -0.39 is 0 Å². The Labute approximate surface area is 150 Å². The standard InChI is InChI=1S/C19H20FIO2/c20-18-11-10-17(12-19(18)21)23-16-8-6-15(7-9-16)22-13-14-4-2-1-3-5-14/h1-5,10-12,15-16H,6-9,13H2. The van der Waals surface area contributed by atoms with Gasteiger partial charge < -0.3 is 9.47 Å². The van der Waals surface area contributed by atoms with Crippen LogP contribution in [-0.4, -0.2) is 12.2 Å². The van der Waals surface area contributed by atoms with Gasteiger partial charge in [-0.15, -0.1) is 0 Å². The monoisotopic (exact) mass is 426 g/mol. The molecule has 0 saturated heterocycles. The van der Waals surface area contributed by atoms with Crippen molar-refractivity contribution in [2.24, 2.45) is 0 Å². The van der Waals surface area contributed by atoms with Crippen LogP contribution in [0.25, 0.3) is 0 Å². The molecule has 0 bridgehead atoms. The molecule has 0 amide bonds. The Morgan fingerprint density at radius 1 is 0.957 bits per heavy atom. The molecule has 0 radical (unpaired) electrons. The number of rotatable bonds is 5. The Hall–Kier alpha value is -1.14. The molecule has 122 valence electrons. The molecule has 1 fully saturated rings. The third-order valence-corrected chi connectivity index (χ3v) is 4.97. The maximum Gasteiger partial charge on any atom is 0.136 e. The first-order chi connectivity index (χ1) is 11.2. The zero-order chi connectivity index (χ0) is 16.1. The molecule has 0 aromatic heterocycles. The second-order valence-corrected chi connectivity index (χ2v) is 7.05. The Balaban J connectivity index is 1.44. The molecule has 2 aromatic carbocycles. The molecular weight excluding hydrogens is 406 g/mol. The molecule has 2 aromatic rings. The van der Waals surface area contributed by atoms with Gasteiger partial charge in [0.25, 0.3) is 0 Å². The molecule has 1 saturated carbocycles. The summed E-state index contributed by atoms with van der Waals surface area (Å²) in [7, 11) is 0. The topological polar surface area (TPSA) is 18.5 Å². The van der Waals surface area contributed by atoms with Crippen LogP contribution in [0.5, 0.6) is 5.75 Å². The lowest BCUT2D eigenvalue weighted by atomic mass is 9.95. The van der Waals surface area contributed by atoms with Gasteiger partial charge in [-0.1, -0.05) is 30.3 Å². The van der Waals surface area contributed by atoms with Crippen molar-refractivity contribution < 1.29 is 13.9 Å². The predicted octanol–water partition coefficient (Wildman–Crippen LogP) is 5.34. The van der Waals surface area contributed by atoms with Crippen molar-refractivity contribution in [3.63, 3.8) is 0 Å². The van der Waals surface area contributed by atoms with Gasteiger partial charge in [0, 0.05) is 0 Å². The minimum absolute atomic E-state index is 0.198. The highest BCUT2D eigenvalue weighted by Gasteiger charge is 2.23. The van der Waals surface area contributed by atoms with Crippen molar-refractivity contribution in [2.75, 3.05) is 0 Å². The van der Waals surface area contributed by atoms with Crippen molar-refractivity contribution in [3.8, 4) is 5.75 Å². The van der Waals surface area contributed by atoms with Gasteiger partial charge >= 0.3 is 0 Å². The highest BCUT2D eigenvalue weighted by molar-refractivity contribution is 14.1. The van der Waals surface area contributed by atoms with Crippen molar-refractivity contribution in [1.29, 1.82) is 0 Å². The number of hydrogen-bond acceptors (Lipinski definition) is 2. The molecular formula is C19H20FIO2. The van der Waals surface area contributed by atoms with Crippen LogP contribution >= 0.6 is 22.6 Å².